The van der Waals surface area contributed by atoms with Gasteiger partial charge in [0.05, 0.1) is 9.21 Å². The average molecular weight is 230 g/mol. The van der Waals surface area contributed by atoms with Gasteiger partial charge in [-0.15, -0.1) is 16.4 Å². The number of aromatic nitrogens is 3. The lowest BCUT2D eigenvalue weighted by atomic mass is 10.3. The maximum atomic E-state index is 10.7. The lowest BCUT2D eigenvalue weighted by Crippen LogP contribution is -1.98. The zero-order valence-electron chi connectivity index (χ0n) is 6.69. The first kappa shape index (κ1) is 9.17. The number of carbonyl (C=O) groups is 1. The van der Waals surface area contributed by atoms with Crippen molar-refractivity contribution in [3.05, 3.63) is 22.2 Å². The molecular weight excluding hydrogens is 226 g/mol. The molecule has 0 bridgehead atoms. The highest BCUT2D eigenvalue weighted by Crippen LogP contribution is 2.30. The maximum absolute atomic E-state index is 10.7. The van der Waals surface area contributed by atoms with Gasteiger partial charge in [0.25, 0.3) is 0 Å². The summed E-state index contributed by atoms with van der Waals surface area (Å²) >= 11 is 6.98. The smallest absolute Gasteiger partial charge is 0.358 e. The molecule has 0 saturated carbocycles. The molecule has 0 spiro atoms. The Morgan fingerprint density at radius 1 is 1.50 bits per heavy atom. The molecule has 0 aromatic carbocycles. The van der Waals surface area contributed by atoms with Crippen LogP contribution in [0.3, 0.4) is 0 Å². The van der Waals surface area contributed by atoms with E-state index in [-0.39, 0.29) is 5.69 Å². The van der Waals surface area contributed by atoms with Crippen LogP contribution < -0.4 is 0 Å². The number of hydrogen-bond donors (Lipinski definition) is 2. The fourth-order valence-electron chi connectivity index (χ4n) is 0.993. The number of hydrogen-bond acceptors (Lipinski definition) is 4. The Morgan fingerprint density at radius 2 is 2.29 bits per heavy atom. The molecule has 2 aromatic heterocycles. The quantitative estimate of drug-likeness (QED) is 0.824. The summed E-state index contributed by atoms with van der Waals surface area (Å²) in [6, 6.07) is 3.39. The number of H-pyrrole nitrogens is 1. The summed E-state index contributed by atoms with van der Waals surface area (Å²) in [6.45, 7) is 0. The third-order valence-electron chi connectivity index (χ3n) is 1.56. The Kier molecular flexibility index (Phi) is 2.22. The fourth-order valence-corrected chi connectivity index (χ4v) is 2.03. The molecule has 0 fully saturated rings. The van der Waals surface area contributed by atoms with Crippen molar-refractivity contribution in [1.82, 2.24) is 15.4 Å². The molecule has 2 rings (SSSR count). The van der Waals surface area contributed by atoms with Crippen molar-refractivity contribution in [1.29, 1.82) is 0 Å². The lowest BCUT2D eigenvalue weighted by molar-refractivity contribution is 0.0691. The molecule has 72 valence electrons. The van der Waals surface area contributed by atoms with Crippen LogP contribution in [0.5, 0.6) is 0 Å². The van der Waals surface area contributed by atoms with E-state index >= 15 is 0 Å². The summed E-state index contributed by atoms with van der Waals surface area (Å²) in [6.07, 6.45) is 0. The molecule has 2 N–H and O–H groups in total. The molecule has 0 amide bonds. The van der Waals surface area contributed by atoms with Gasteiger partial charge in [0.15, 0.2) is 5.69 Å². The van der Waals surface area contributed by atoms with Crippen molar-refractivity contribution < 1.29 is 9.90 Å². The predicted molar refractivity (Wildman–Crippen MR) is 51.7 cm³/mol. The van der Waals surface area contributed by atoms with Gasteiger partial charge >= 0.3 is 5.97 Å². The minimum Gasteiger partial charge on any atom is -0.476 e. The van der Waals surface area contributed by atoms with Gasteiger partial charge in [-0.2, -0.15) is 10.3 Å². The van der Waals surface area contributed by atoms with Gasteiger partial charge in [0.1, 0.15) is 5.69 Å². The van der Waals surface area contributed by atoms with Gasteiger partial charge in [0, 0.05) is 0 Å². The maximum Gasteiger partial charge on any atom is 0.358 e. The predicted octanol–water partition coefficient (Wildman–Crippen LogP) is 1.88. The number of nitrogens with one attached hydrogen (secondary N) is 1. The highest BCUT2D eigenvalue weighted by Gasteiger charge is 2.17. The molecule has 7 heteroatoms. The highest BCUT2D eigenvalue weighted by atomic mass is 35.5. The molecule has 0 unspecified atom stereocenters. The van der Waals surface area contributed by atoms with Crippen molar-refractivity contribution in [2.24, 2.45) is 0 Å². The molecule has 2 heterocycles. The van der Waals surface area contributed by atoms with Gasteiger partial charge in [-0.25, -0.2) is 4.79 Å². The van der Waals surface area contributed by atoms with Gasteiger partial charge < -0.3 is 5.11 Å². The molecule has 2 aromatic rings. The topological polar surface area (TPSA) is 78.9 Å². The minimum atomic E-state index is -1.11. The van der Waals surface area contributed by atoms with Gasteiger partial charge in [-0.05, 0) is 12.1 Å². The normalized spacial score (nSPS) is 10.4. The standard InChI is InChI=1S/C7H4ClN3O2S/c8-4-2-1-3(14-4)5-6(7(12)13)10-11-9-5/h1-2H,(H,12,13)(H,9,10,11). The van der Waals surface area contributed by atoms with Crippen LogP contribution in [0.1, 0.15) is 10.5 Å². The van der Waals surface area contributed by atoms with Gasteiger partial charge in [-0.3, -0.25) is 0 Å². The van der Waals surface area contributed by atoms with Crippen LogP contribution in [0, 0.1) is 0 Å². The molecule has 14 heavy (non-hydrogen) atoms. The number of carboxylic acid groups (broad SMARTS) is 1. The Morgan fingerprint density at radius 3 is 2.86 bits per heavy atom. The first-order valence-corrected chi connectivity index (χ1v) is 4.77. The second-order valence-corrected chi connectivity index (χ2v) is 4.14. The third kappa shape index (κ3) is 1.49. The van der Waals surface area contributed by atoms with Gasteiger partial charge in [0.2, 0.25) is 0 Å². The minimum absolute atomic E-state index is 0.0940. The fraction of sp³-hybridized carbons (Fsp3) is 0. The Labute approximate surface area is 87.3 Å². The zero-order valence-corrected chi connectivity index (χ0v) is 8.26. The number of rotatable bonds is 2. The van der Waals surface area contributed by atoms with E-state index in [1.54, 1.807) is 12.1 Å². The van der Waals surface area contributed by atoms with E-state index in [4.69, 9.17) is 16.7 Å². The first-order valence-electron chi connectivity index (χ1n) is 3.58. The SMILES string of the molecule is O=C(O)c1n[nH]nc1-c1ccc(Cl)s1. The summed E-state index contributed by atoms with van der Waals surface area (Å²) in [5, 5.41) is 18.3. The van der Waals surface area contributed by atoms with Crippen LogP contribution in [0.2, 0.25) is 4.34 Å². The Bertz CT molecular complexity index is 479. The van der Waals surface area contributed by atoms with E-state index in [1.165, 1.54) is 11.3 Å². The van der Waals surface area contributed by atoms with Crippen molar-refractivity contribution in [3.8, 4) is 10.6 Å². The second kappa shape index (κ2) is 3.39. The third-order valence-corrected chi connectivity index (χ3v) is 2.79. The summed E-state index contributed by atoms with van der Waals surface area (Å²) < 4.78 is 0.583. The van der Waals surface area contributed by atoms with Crippen LogP contribution >= 0.6 is 22.9 Å². The van der Waals surface area contributed by atoms with Crippen LogP contribution in [0.4, 0.5) is 0 Å². The molecule has 0 saturated heterocycles. The summed E-state index contributed by atoms with van der Waals surface area (Å²) in [5.41, 5.74) is 0.220. The van der Waals surface area contributed by atoms with E-state index in [0.29, 0.717) is 14.9 Å². The van der Waals surface area contributed by atoms with E-state index in [2.05, 4.69) is 15.4 Å². The summed E-state index contributed by atoms with van der Waals surface area (Å²) in [4.78, 5) is 11.4. The van der Waals surface area contributed by atoms with E-state index in [9.17, 15) is 4.79 Å². The zero-order chi connectivity index (χ0) is 10.1. The van der Waals surface area contributed by atoms with E-state index < -0.39 is 5.97 Å². The molecule has 0 aliphatic rings. The van der Waals surface area contributed by atoms with Crippen molar-refractivity contribution in [2.75, 3.05) is 0 Å². The van der Waals surface area contributed by atoms with Gasteiger partial charge in [-0.1, -0.05) is 11.6 Å². The van der Waals surface area contributed by atoms with Crippen LogP contribution in [0.15, 0.2) is 12.1 Å². The van der Waals surface area contributed by atoms with Crippen LogP contribution in [-0.4, -0.2) is 26.5 Å². The Hall–Kier alpha value is -1.40. The number of carboxylic acids is 1. The van der Waals surface area contributed by atoms with Crippen LogP contribution in [-0.2, 0) is 0 Å². The molecule has 0 radical (unpaired) electrons. The summed E-state index contributed by atoms with van der Waals surface area (Å²) in [7, 11) is 0. The first-order chi connectivity index (χ1) is 6.68. The molecule has 5 nitrogen and oxygen atoms in total. The Balaban J connectivity index is 2.51. The number of thiophene rings is 1. The van der Waals surface area contributed by atoms with E-state index in [0.717, 1.165) is 0 Å². The number of aromatic amines is 1. The number of nitrogens with zero attached hydrogens (tertiary/aromatic N) is 2. The monoisotopic (exact) mass is 229 g/mol. The van der Waals surface area contributed by atoms with Crippen molar-refractivity contribution in [2.45, 2.75) is 0 Å². The van der Waals surface area contributed by atoms with E-state index in [1.807, 2.05) is 0 Å². The molecular formula is C7H4ClN3O2S. The summed E-state index contributed by atoms with van der Waals surface area (Å²) in [5.74, 6) is -1.11. The van der Waals surface area contributed by atoms with Crippen LogP contribution in [0.25, 0.3) is 10.6 Å². The lowest BCUT2D eigenvalue weighted by Gasteiger charge is -1.90. The molecule has 0 atom stereocenters. The average Bonchev–Trinajstić information content (AvgIpc) is 2.70. The molecule has 0 aliphatic heterocycles. The van der Waals surface area contributed by atoms with Crippen molar-refractivity contribution in [3.63, 3.8) is 0 Å². The second-order valence-electron chi connectivity index (χ2n) is 2.43. The number of halogens is 1. The molecule has 0 aliphatic carbocycles. The highest BCUT2D eigenvalue weighted by molar-refractivity contribution is 7.19. The van der Waals surface area contributed by atoms with Crippen molar-refractivity contribution >= 4 is 28.9 Å². The number of aromatic carboxylic acids is 1. The largest absolute Gasteiger partial charge is 0.476 e.